The van der Waals surface area contributed by atoms with Crippen LogP contribution in [0.5, 0.6) is 5.75 Å². The number of benzene rings is 2. The Morgan fingerprint density at radius 3 is 2.52 bits per heavy atom. The van der Waals surface area contributed by atoms with Crippen LogP contribution in [-0.4, -0.2) is 21.4 Å². The average molecular weight is 420 g/mol. The molecule has 0 saturated carbocycles. The minimum absolute atomic E-state index is 0.128. The highest BCUT2D eigenvalue weighted by Gasteiger charge is 2.16. The van der Waals surface area contributed by atoms with Crippen molar-refractivity contribution in [2.45, 2.75) is 4.90 Å². The van der Waals surface area contributed by atoms with Crippen LogP contribution in [0.4, 0.5) is 5.69 Å². The first-order valence-corrected chi connectivity index (χ1v) is 8.91. The van der Waals surface area contributed by atoms with Crippen molar-refractivity contribution in [2.24, 2.45) is 5.14 Å². The van der Waals surface area contributed by atoms with Gasteiger partial charge in [-0.2, -0.15) is 0 Å². The van der Waals surface area contributed by atoms with Crippen LogP contribution >= 0.6 is 27.5 Å². The maximum absolute atomic E-state index is 12.3. The van der Waals surface area contributed by atoms with Crippen LogP contribution in [-0.2, 0) is 10.0 Å². The molecule has 0 heterocycles. The Labute approximate surface area is 146 Å². The first-order valence-electron chi connectivity index (χ1n) is 6.19. The van der Waals surface area contributed by atoms with Crippen LogP contribution in [0.15, 0.2) is 45.8 Å². The smallest absolute Gasteiger partial charge is 0.256 e. The molecule has 9 heteroatoms. The fourth-order valence-electron chi connectivity index (χ4n) is 1.80. The molecule has 0 atom stereocenters. The molecule has 2 aromatic carbocycles. The number of carbonyl (C=O) groups excluding carboxylic acids is 1. The van der Waals surface area contributed by atoms with Gasteiger partial charge in [0.15, 0.2) is 0 Å². The topological polar surface area (TPSA) is 98.5 Å². The average Bonchev–Trinajstić information content (AvgIpc) is 2.46. The molecule has 0 saturated heterocycles. The van der Waals surface area contributed by atoms with E-state index in [0.717, 1.165) is 0 Å². The van der Waals surface area contributed by atoms with Gasteiger partial charge in [0, 0.05) is 10.2 Å². The zero-order valence-corrected chi connectivity index (χ0v) is 15.0. The minimum atomic E-state index is -3.90. The van der Waals surface area contributed by atoms with Gasteiger partial charge in [-0.15, -0.1) is 0 Å². The quantitative estimate of drug-likeness (QED) is 0.796. The number of carbonyl (C=O) groups is 1. The lowest BCUT2D eigenvalue weighted by atomic mass is 10.2. The number of ether oxygens (including phenoxy) is 1. The Morgan fingerprint density at radius 1 is 1.26 bits per heavy atom. The summed E-state index contributed by atoms with van der Waals surface area (Å²) >= 11 is 9.20. The molecule has 0 fully saturated rings. The third-order valence-electron chi connectivity index (χ3n) is 2.92. The van der Waals surface area contributed by atoms with Gasteiger partial charge in [0.05, 0.1) is 22.6 Å². The van der Waals surface area contributed by atoms with Crippen LogP contribution < -0.4 is 15.2 Å². The first kappa shape index (κ1) is 17.7. The normalized spacial score (nSPS) is 11.1. The molecule has 0 aliphatic heterocycles. The zero-order chi connectivity index (χ0) is 17.2. The van der Waals surface area contributed by atoms with E-state index < -0.39 is 15.9 Å². The number of anilines is 1. The monoisotopic (exact) mass is 418 g/mol. The number of sulfonamides is 1. The van der Waals surface area contributed by atoms with E-state index in [2.05, 4.69) is 21.2 Å². The summed E-state index contributed by atoms with van der Waals surface area (Å²) in [6.45, 7) is 0. The second-order valence-corrected chi connectivity index (χ2v) is 7.31. The molecule has 6 nitrogen and oxygen atoms in total. The highest BCUT2D eigenvalue weighted by molar-refractivity contribution is 9.10. The lowest BCUT2D eigenvalue weighted by Gasteiger charge is -2.10. The minimum Gasteiger partial charge on any atom is -0.495 e. The number of nitrogens with two attached hydrogens (primary N) is 1. The maximum atomic E-state index is 12.3. The van der Waals surface area contributed by atoms with E-state index in [4.69, 9.17) is 21.5 Å². The van der Waals surface area contributed by atoms with Crippen molar-refractivity contribution < 1.29 is 17.9 Å². The van der Waals surface area contributed by atoms with Crippen molar-refractivity contribution in [1.29, 1.82) is 0 Å². The molecule has 23 heavy (non-hydrogen) atoms. The number of rotatable bonds is 4. The number of hydrogen-bond donors (Lipinski definition) is 2. The van der Waals surface area contributed by atoms with Gasteiger partial charge in [0.25, 0.3) is 5.91 Å². The molecule has 122 valence electrons. The van der Waals surface area contributed by atoms with E-state index in [1.165, 1.54) is 31.4 Å². The Kier molecular flexibility index (Phi) is 5.30. The van der Waals surface area contributed by atoms with Crippen molar-refractivity contribution in [3.63, 3.8) is 0 Å². The molecule has 0 aromatic heterocycles. The molecule has 0 bridgehead atoms. The number of nitrogens with one attached hydrogen (secondary N) is 1. The molecule has 2 rings (SSSR count). The summed E-state index contributed by atoms with van der Waals surface area (Å²) in [5.41, 5.74) is 0.567. The van der Waals surface area contributed by atoms with Crippen molar-refractivity contribution in [3.05, 3.63) is 51.5 Å². The summed E-state index contributed by atoms with van der Waals surface area (Å²) in [5.74, 6) is -0.0364. The molecule has 0 unspecified atom stereocenters. The lowest BCUT2D eigenvalue weighted by molar-refractivity contribution is 0.102. The van der Waals surface area contributed by atoms with Crippen LogP contribution in [0.2, 0.25) is 5.02 Å². The van der Waals surface area contributed by atoms with Crippen LogP contribution in [0.25, 0.3) is 0 Å². The van der Waals surface area contributed by atoms with E-state index in [9.17, 15) is 13.2 Å². The second kappa shape index (κ2) is 6.88. The summed E-state index contributed by atoms with van der Waals surface area (Å²) in [7, 11) is -2.42. The third-order valence-corrected chi connectivity index (χ3v) is 4.82. The molecule has 0 spiro atoms. The molecule has 0 aliphatic carbocycles. The number of halogens is 2. The van der Waals surface area contributed by atoms with Crippen LogP contribution in [0.1, 0.15) is 10.4 Å². The first-order chi connectivity index (χ1) is 10.7. The molecule has 2 aromatic rings. The lowest BCUT2D eigenvalue weighted by Crippen LogP contribution is -2.16. The number of methoxy groups -OCH3 is 1. The van der Waals surface area contributed by atoms with Crippen LogP contribution in [0, 0.1) is 0 Å². The van der Waals surface area contributed by atoms with Crippen molar-refractivity contribution >= 4 is 49.1 Å². The van der Waals surface area contributed by atoms with Gasteiger partial charge in [0.2, 0.25) is 10.0 Å². The highest BCUT2D eigenvalue weighted by atomic mass is 79.9. The van der Waals surface area contributed by atoms with Crippen LogP contribution in [0.3, 0.4) is 0 Å². The summed E-state index contributed by atoms with van der Waals surface area (Å²) in [6.07, 6.45) is 0. The molecular formula is C14H12BrClN2O4S. The number of amides is 1. The van der Waals surface area contributed by atoms with E-state index in [0.29, 0.717) is 20.9 Å². The van der Waals surface area contributed by atoms with Crippen molar-refractivity contribution in [2.75, 3.05) is 12.4 Å². The molecular weight excluding hydrogens is 408 g/mol. The van der Waals surface area contributed by atoms with Gasteiger partial charge < -0.3 is 10.1 Å². The fraction of sp³-hybridized carbons (Fsp3) is 0.0714. The SMILES string of the molecule is COc1ccc(NC(=O)c2cc(S(N)(=O)=O)ccc2Br)cc1Cl. The predicted molar refractivity (Wildman–Crippen MR) is 91.5 cm³/mol. The Morgan fingerprint density at radius 2 is 1.96 bits per heavy atom. The summed E-state index contributed by atoms with van der Waals surface area (Å²) in [5, 5.41) is 8.04. The Hall–Kier alpha value is -1.61. The summed E-state index contributed by atoms with van der Waals surface area (Å²) in [6, 6.07) is 8.68. The molecule has 1 amide bonds. The Balaban J connectivity index is 2.32. The molecule has 3 N–H and O–H groups in total. The largest absolute Gasteiger partial charge is 0.495 e. The van der Waals surface area contributed by atoms with Gasteiger partial charge in [-0.25, -0.2) is 13.6 Å². The summed E-state index contributed by atoms with van der Waals surface area (Å²) < 4.78 is 28.2. The van der Waals surface area contributed by atoms with Crippen molar-refractivity contribution in [3.8, 4) is 5.75 Å². The highest BCUT2D eigenvalue weighted by Crippen LogP contribution is 2.28. The van der Waals surface area contributed by atoms with E-state index >= 15 is 0 Å². The second-order valence-electron chi connectivity index (χ2n) is 4.49. The van der Waals surface area contributed by atoms with Gasteiger partial charge in [-0.3, -0.25) is 4.79 Å². The van der Waals surface area contributed by atoms with Gasteiger partial charge >= 0.3 is 0 Å². The number of hydrogen-bond acceptors (Lipinski definition) is 4. The Bertz CT molecular complexity index is 871. The van der Waals surface area contributed by atoms with Gasteiger partial charge in [-0.05, 0) is 52.3 Å². The zero-order valence-electron chi connectivity index (χ0n) is 11.8. The van der Waals surface area contributed by atoms with Gasteiger partial charge in [0.1, 0.15) is 5.75 Å². The molecule has 0 aliphatic rings. The van der Waals surface area contributed by atoms with E-state index in [-0.39, 0.29) is 10.5 Å². The fourth-order valence-corrected chi connectivity index (χ4v) is 3.02. The van der Waals surface area contributed by atoms with Crippen molar-refractivity contribution in [1.82, 2.24) is 0 Å². The number of primary sulfonamides is 1. The van der Waals surface area contributed by atoms with E-state index in [1.54, 1.807) is 12.1 Å². The van der Waals surface area contributed by atoms with Gasteiger partial charge in [-0.1, -0.05) is 11.6 Å². The third kappa shape index (κ3) is 4.23. The standard InChI is InChI=1S/C14H12BrClN2O4S/c1-22-13-5-2-8(6-12(13)16)18-14(19)10-7-9(23(17,20)21)3-4-11(10)15/h2-7H,1H3,(H,18,19)(H2,17,20,21). The summed E-state index contributed by atoms with van der Waals surface area (Å²) in [4.78, 5) is 12.2. The maximum Gasteiger partial charge on any atom is 0.256 e. The van der Waals surface area contributed by atoms with E-state index in [1.807, 2.05) is 0 Å². The molecule has 0 radical (unpaired) electrons. The predicted octanol–water partition coefficient (Wildman–Crippen LogP) is 3.01.